The second kappa shape index (κ2) is 10.4. The van der Waals surface area contributed by atoms with Crippen molar-refractivity contribution in [3.63, 3.8) is 0 Å². The van der Waals surface area contributed by atoms with Crippen molar-refractivity contribution in [1.82, 2.24) is 10.2 Å². The number of nitrogens with zero attached hydrogens (tertiary/aromatic N) is 1. The minimum Gasteiger partial charge on any atom is -0.390 e. The van der Waals surface area contributed by atoms with E-state index in [4.69, 9.17) is 14.0 Å². The Hall–Kier alpha value is -1.19. The number of ether oxygens (including phenoxy) is 2. The van der Waals surface area contributed by atoms with Crippen LogP contribution in [-0.2, 0) is 36.8 Å². The molecule has 2 saturated heterocycles. The van der Waals surface area contributed by atoms with Gasteiger partial charge in [0.05, 0.1) is 24.9 Å². The molecule has 6 N–H and O–H groups in total. The lowest BCUT2D eigenvalue weighted by atomic mass is 10.0. The fraction of sp³-hybridized carbons (Fsp3) is 0.706. The van der Waals surface area contributed by atoms with Gasteiger partial charge in [-0.3, -0.25) is 13.8 Å². The Balaban J connectivity index is 1.55. The third-order valence-corrected chi connectivity index (χ3v) is 7.83. The first-order chi connectivity index (χ1) is 15.7. The molecule has 9 atom stereocenters. The number of nitrogens with one attached hydrogen (secondary N) is 1. The molecule has 0 spiro atoms. The van der Waals surface area contributed by atoms with E-state index in [0.29, 0.717) is 5.57 Å². The van der Waals surface area contributed by atoms with Crippen molar-refractivity contribution >= 4 is 21.6 Å². The summed E-state index contributed by atoms with van der Waals surface area (Å²) in [5.74, 6) is -0.140. The lowest BCUT2D eigenvalue weighted by Gasteiger charge is -2.35. The van der Waals surface area contributed by atoms with Crippen molar-refractivity contribution in [2.45, 2.75) is 69.7 Å². The molecule has 3 aliphatic heterocycles. The number of rotatable bonds is 8. The van der Waals surface area contributed by atoms with Crippen LogP contribution in [0.5, 0.6) is 0 Å². The number of carbonyl (C=O) groups excluding carboxylic acids is 1. The van der Waals surface area contributed by atoms with E-state index in [1.54, 1.807) is 6.92 Å². The molecule has 5 unspecified atom stereocenters. The number of aliphatic hydroxyl groups is 3. The Morgan fingerprint density at radius 1 is 1.18 bits per heavy atom. The van der Waals surface area contributed by atoms with Gasteiger partial charge in [0, 0.05) is 24.6 Å². The number of phosphoric ester groups is 2. The van der Waals surface area contributed by atoms with Crippen LogP contribution in [0.1, 0.15) is 26.7 Å². The molecule has 2 fully saturated rings. The van der Waals surface area contributed by atoms with Crippen LogP contribution in [0.4, 0.5) is 0 Å². The minimum absolute atomic E-state index is 0.0301. The molecule has 15 nitrogen and oxygen atoms in total. The molecule has 1 amide bonds. The monoisotopic (exact) mass is 530 g/mol. The number of hydrogen-bond acceptors (Lipinski definition) is 12. The van der Waals surface area contributed by atoms with E-state index in [2.05, 4.69) is 20.7 Å². The van der Waals surface area contributed by atoms with Gasteiger partial charge in [0.2, 0.25) is 0 Å². The number of carbonyl (C=O) groups is 1. The van der Waals surface area contributed by atoms with Crippen LogP contribution in [0.2, 0.25) is 0 Å². The molecule has 3 heterocycles. The quantitative estimate of drug-likeness (QED) is 0.216. The highest BCUT2D eigenvalue weighted by molar-refractivity contribution is 7.61. The van der Waals surface area contributed by atoms with Crippen LogP contribution in [0, 0.1) is 0 Å². The fourth-order valence-electron chi connectivity index (χ4n) is 3.52. The van der Waals surface area contributed by atoms with Crippen molar-refractivity contribution in [1.29, 1.82) is 0 Å². The average Bonchev–Trinajstić information content (AvgIpc) is 3.06. The Morgan fingerprint density at radius 2 is 1.85 bits per heavy atom. The first kappa shape index (κ1) is 27.4. The summed E-state index contributed by atoms with van der Waals surface area (Å²) in [6.07, 6.45) is -6.99. The lowest BCUT2D eigenvalue weighted by Crippen LogP contribution is -2.48. The van der Waals surface area contributed by atoms with Crippen LogP contribution in [0.25, 0.3) is 0 Å². The van der Waals surface area contributed by atoms with Crippen LogP contribution in [-0.4, -0.2) is 85.6 Å². The highest BCUT2D eigenvalue weighted by atomic mass is 31.3. The molecule has 194 valence electrons. The van der Waals surface area contributed by atoms with E-state index in [-0.39, 0.29) is 24.6 Å². The zero-order valence-electron chi connectivity index (χ0n) is 18.3. The average molecular weight is 530 g/mol. The summed E-state index contributed by atoms with van der Waals surface area (Å²) in [4.78, 5) is 32.8. The van der Waals surface area contributed by atoms with E-state index in [0.717, 1.165) is 0 Å². The predicted octanol–water partition coefficient (Wildman–Crippen LogP) is -0.624. The highest BCUT2D eigenvalue weighted by Gasteiger charge is 2.45. The summed E-state index contributed by atoms with van der Waals surface area (Å²) in [5.41, 5.74) is 0.367. The molecule has 0 aromatic rings. The van der Waals surface area contributed by atoms with Crippen molar-refractivity contribution in [3.8, 4) is 0 Å². The van der Waals surface area contributed by atoms with Gasteiger partial charge in [-0.05, 0) is 13.8 Å². The van der Waals surface area contributed by atoms with Crippen molar-refractivity contribution in [2.75, 3.05) is 6.61 Å². The van der Waals surface area contributed by atoms with E-state index in [1.165, 1.54) is 18.0 Å². The summed E-state index contributed by atoms with van der Waals surface area (Å²) in [6, 6.07) is 0. The topological polar surface area (TPSA) is 214 Å². The SMILES string of the molecule is C=C1NC(=O)C(C)=CN1[C@H]1CC(O)[C@@H](COP(=O)(O)OP(=O)(O)O[C@H]2OC(C)C[C@H](O)C2O)O1. The van der Waals surface area contributed by atoms with Crippen molar-refractivity contribution in [3.05, 3.63) is 24.2 Å². The minimum atomic E-state index is -5.31. The van der Waals surface area contributed by atoms with Gasteiger partial charge in [-0.1, -0.05) is 6.58 Å². The first-order valence-corrected chi connectivity index (χ1v) is 13.2. The molecule has 0 aliphatic carbocycles. The molecule has 3 rings (SSSR count). The molecule has 17 heteroatoms. The van der Waals surface area contributed by atoms with Gasteiger partial charge in [0.15, 0.2) is 6.29 Å². The number of amides is 1. The van der Waals surface area contributed by atoms with E-state index < -0.39 is 65.3 Å². The molecular formula is C17H28N2O13P2. The number of hydrogen-bond donors (Lipinski definition) is 6. The van der Waals surface area contributed by atoms with Gasteiger partial charge in [0.25, 0.3) is 5.91 Å². The molecule has 0 aromatic heterocycles. The summed E-state index contributed by atoms with van der Waals surface area (Å²) in [7, 11) is -10.5. The van der Waals surface area contributed by atoms with E-state index in [9.17, 15) is 39.0 Å². The number of phosphoric acid groups is 2. The largest absolute Gasteiger partial charge is 0.483 e. The third kappa shape index (κ3) is 6.72. The zero-order chi connectivity index (χ0) is 25.4. The Labute approximate surface area is 194 Å². The summed E-state index contributed by atoms with van der Waals surface area (Å²) in [6.45, 7) is 6.07. The maximum atomic E-state index is 12.2. The fourth-order valence-corrected chi connectivity index (χ4v) is 5.68. The molecule has 0 aromatic carbocycles. The molecular weight excluding hydrogens is 502 g/mol. The molecule has 0 radical (unpaired) electrons. The van der Waals surface area contributed by atoms with E-state index in [1.807, 2.05) is 0 Å². The van der Waals surface area contributed by atoms with E-state index >= 15 is 0 Å². The van der Waals surface area contributed by atoms with Gasteiger partial charge >= 0.3 is 15.6 Å². The lowest BCUT2D eigenvalue weighted by molar-refractivity contribution is -0.235. The van der Waals surface area contributed by atoms with Crippen LogP contribution in [0.15, 0.2) is 24.2 Å². The van der Waals surface area contributed by atoms with Gasteiger partial charge < -0.3 is 44.8 Å². The van der Waals surface area contributed by atoms with Gasteiger partial charge in [-0.25, -0.2) is 9.13 Å². The van der Waals surface area contributed by atoms with Crippen LogP contribution < -0.4 is 5.32 Å². The molecule has 3 aliphatic rings. The number of aliphatic hydroxyl groups excluding tert-OH is 3. The maximum absolute atomic E-state index is 12.2. The zero-order valence-corrected chi connectivity index (χ0v) is 20.1. The van der Waals surface area contributed by atoms with Gasteiger partial charge in [-0.2, -0.15) is 4.31 Å². The Morgan fingerprint density at radius 3 is 2.53 bits per heavy atom. The molecule has 0 bridgehead atoms. The predicted molar refractivity (Wildman–Crippen MR) is 111 cm³/mol. The Kier molecular flexibility index (Phi) is 8.40. The van der Waals surface area contributed by atoms with Gasteiger partial charge in [-0.15, -0.1) is 0 Å². The van der Waals surface area contributed by atoms with Crippen LogP contribution >= 0.6 is 15.6 Å². The normalized spacial score (nSPS) is 38.1. The summed E-state index contributed by atoms with van der Waals surface area (Å²) < 4.78 is 48.6. The highest BCUT2D eigenvalue weighted by Crippen LogP contribution is 2.61. The molecule has 34 heavy (non-hydrogen) atoms. The molecule has 0 saturated carbocycles. The van der Waals surface area contributed by atoms with Crippen molar-refractivity contribution in [2.24, 2.45) is 0 Å². The van der Waals surface area contributed by atoms with Crippen molar-refractivity contribution < 1.29 is 61.9 Å². The summed E-state index contributed by atoms with van der Waals surface area (Å²) >= 11 is 0. The smallest absolute Gasteiger partial charge is 0.390 e. The Bertz CT molecular complexity index is 929. The maximum Gasteiger partial charge on any atom is 0.483 e. The van der Waals surface area contributed by atoms with Gasteiger partial charge in [0.1, 0.15) is 24.3 Å². The van der Waals surface area contributed by atoms with Crippen LogP contribution in [0.3, 0.4) is 0 Å². The summed E-state index contributed by atoms with van der Waals surface area (Å²) in [5, 5.41) is 32.3. The third-order valence-electron chi connectivity index (χ3n) is 5.23. The second-order valence-electron chi connectivity index (χ2n) is 8.08. The second-order valence-corrected chi connectivity index (χ2v) is 11.1. The first-order valence-electron chi connectivity index (χ1n) is 10.2. The standard InChI is InChI=1S/C17H28N2O13P2/c1-8-6-19(10(3)18-16(8)23)14-5-11(20)13(30-14)7-28-33(24,25)32-34(26,27)31-17-15(22)12(21)4-9(2)29-17/h6,9,11-15,17,20-22H,3-5,7H2,1-2H3,(H,18,23)(H,24,25)(H,26,27)/t9?,11?,12-,13+,14+,15?,17+/m0/s1.